The van der Waals surface area contributed by atoms with E-state index < -0.39 is 6.10 Å². The first-order valence-electron chi connectivity index (χ1n) is 12.3. The highest BCUT2D eigenvalue weighted by Gasteiger charge is 2.49. The van der Waals surface area contributed by atoms with Crippen molar-refractivity contribution in [1.82, 2.24) is 0 Å². The largest absolute Gasteiger partial charge is 0.489 e. The van der Waals surface area contributed by atoms with Gasteiger partial charge in [0, 0.05) is 15.7 Å². The molecule has 3 atom stereocenters. The van der Waals surface area contributed by atoms with Crippen molar-refractivity contribution in [2.45, 2.75) is 31.6 Å². The predicted molar refractivity (Wildman–Crippen MR) is 146 cm³/mol. The summed E-state index contributed by atoms with van der Waals surface area (Å²) < 4.78 is 20.5. The predicted octanol–water partition coefficient (Wildman–Crippen LogP) is 7.39. The van der Waals surface area contributed by atoms with Crippen molar-refractivity contribution in [1.29, 1.82) is 0 Å². The Bertz CT molecular complexity index is 1350. The maximum absolute atomic E-state index is 13.4. The lowest BCUT2D eigenvalue weighted by atomic mass is 9.78. The standard InChI is InChI=1S/C31H27BrFNO3/c32-23-13-16-26(29(19-23)37-20-21-7-3-1-4-8-21)30-27(31(36)34(30)25-9-5-2-6-10-25)17-18-28(35)22-11-14-24(33)15-12-22/h1-16,19,27-28,30,35H,17-18,20H2/t27-,28+,30-/m0/s1. The number of halogens is 2. The van der Waals surface area contributed by atoms with Gasteiger partial charge in [-0.25, -0.2) is 4.39 Å². The molecule has 0 aliphatic carbocycles. The van der Waals surface area contributed by atoms with E-state index in [2.05, 4.69) is 15.9 Å². The minimum Gasteiger partial charge on any atom is -0.489 e. The van der Waals surface area contributed by atoms with E-state index in [1.54, 1.807) is 12.1 Å². The van der Waals surface area contributed by atoms with Gasteiger partial charge in [-0.05, 0) is 60.4 Å². The van der Waals surface area contributed by atoms with Gasteiger partial charge in [0.1, 0.15) is 18.2 Å². The number of ether oxygens (including phenoxy) is 1. The molecule has 1 aliphatic rings. The SMILES string of the molecule is O=C1[C@@H](CC[C@@H](O)c2ccc(F)cc2)[C@H](c2ccc(Br)cc2OCc2ccccc2)N1c1ccccc1. The summed E-state index contributed by atoms with van der Waals surface area (Å²) in [5.74, 6) is 0.0534. The lowest BCUT2D eigenvalue weighted by Crippen LogP contribution is -2.55. The smallest absolute Gasteiger partial charge is 0.233 e. The molecule has 0 bridgehead atoms. The van der Waals surface area contributed by atoms with E-state index in [9.17, 15) is 14.3 Å². The molecule has 0 unspecified atom stereocenters. The van der Waals surface area contributed by atoms with E-state index in [1.165, 1.54) is 12.1 Å². The summed E-state index contributed by atoms with van der Waals surface area (Å²) in [4.78, 5) is 15.3. The third-order valence-electron chi connectivity index (χ3n) is 6.79. The van der Waals surface area contributed by atoms with Gasteiger partial charge in [-0.3, -0.25) is 4.79 Å². The fraction of sp³-hybridized carbons (Fsp3) is 0.194. The molecule has 37 heavy (non-hydrogen) atoms. The van der Waals surface area contributed by atoms with Crippen LogP contribution in [0.1, 0.15) is 41.7 Å². The molecule has 1 saturated heterocycles. The summed E-state index contributed by atoms with van der Waals surface area (Å²) in [5.41, 5.74) is 3.44. The van der Waals surface area contributed by atoms with Crippen LogP contribution in [0.25, 0.3) is 0 Å². The molecule has 0 spiro atoms. The van der Waals surface area contributed by atoms with Gasteiger partial charge in [0.2, 0.25) is 5.91 Å². The summed E-state index contributed by atoms with van der Waals surface area (Å²) >= 11 is 3.56. The second-order valence-corrected chi connectivity index (χ2v) is 10.1. The summed E-state index contributed by atoms with van der Waals surface area (Å²) in [6.07, 6.45) is 0.0934. The number of nitrogens with zero attached hydrogens (tertiary/aromatic N) is 1. The summed E-state index contributed by atoms with van der Waals surface area (Å²) in [6.45, 7) is 0.407. The minimum atomic E-state index is -0.779. The van der Waals surface area contributed by atoms with Crippen LogP contribution in [0.2, 0.25) is 0 Å². The first-order valence-corrected chi connectivity index (χ1v) is 13.1. The number of carbonyl (C=O) groups is 1. The fourth-order valence-electron chi connectivity index (χ4n) is 4.86. The first-order chi connectivity index (χ1) is 18.0. The molecule has 4 aromatic rings. The van der Waals surface area contributed by atoms with Crippen LogP contribution in [0, 0.1) is 11.7 Å². The summed E-state index contributed by atoms with van der Waals surface area (Å²) in [5, 5.41) is 10.7. The zero-order chi connectivity index (χ0) is 25.8. The monoisotopic (exact) mass is 559 g/mol. The van der Waals surface area contributed by atoms with E-state index in [0.29, 0.717) is 30.8 Å². The molecule has 4 nitrogen and oxygen atoms in total. The van der Waals surface area contributed by atoms with Crippen molar-refractivity contribution >= 4 is 27.5 Å². The van der Waals surface area contributed by atoms with Crippen molar-refractivity contribution in [2.24, 2.45) is 5.92 Å². The number of hydrogen-bond acceptors (Lipinski definition) is 3. The Labute approximate surface area is 224 Å². The van der Waals surface area contributed by atoms with Crippen molar-refractivity contribution in [3.8, 4) is 5.75 Å². The zero-order valence-corrected chi connectivity index (χ0v) is 21.7. The lowest BCUT2D eigenvalue weighted by molar-refractivity contribution is -0.131. The van der Waals surface area contributed by atoms with Gasteiger partial charge >= 0.3 is 0 Å². The van der Waals surface area contributed by atoms with Gasteiger partial charge in [-0.2, -0.15) is 0 Å². The highest BCUT2D eigenvalue weighted by Crippen LogP contribution is 2.49. The molecule has 1 aliphatic heterocycles. The molecule has 1 fully saturated rings. The maximum atomic E-state index is 13.4. The van der Waals surface area contributed by atoms with E-state index in [0.717, 1.165) is 21.3 Å². The number of para-hydroxylation sites is 1. The number of aliphatic hydroxyl groups is 1. The van der Waals surface area contributed by atoms with Crippen LogP contribution in [-0.2, 0) is 11.4 Å². The van der Waals surface area contributed by atoms with Crippen LogP contribution in [-0.4, -0.2) is 11.0 Å². The fourth-order valence-corrected chi connectivity index (χ4v) is 5.20. The Kier molecular flexibility index (Phi) is 7.68. The van der Waals surface area contributed by atoms with Gasteiger partial charge in [0.25, 0.3) is 0 Å². The van der Waals surface area contributed by atoms with Crippen LogP contribution >= 0.6 is 15.9 Å². The Morgan fingerprint density at radius 2 is 1.59 bits per heavy atom. The molecule has 1 amide bonds. The number of carbonyl (C=O) groups excluding carboxylic acids is 1. The van der Waals surface area contributed by atoms with Crippen molar-refractivity contribution in [2.75, 3.05) is 4.90 Å². The van der Waals surface area contributed by atoms with Crippen LogP contribution < -0.4 is 9.64 Å². The quantitative estimate of drug-likeness (QED) is 0.217. The molecule has 0 radical (unpaired) electrons. The minimum absolute atomic E-state index is 0.0134. The second kappa shape index (κ2) is 11.3. The third kappa shape index (κ3) is 5.60. The Morgan fingerprint density at radius 1 is 0.919 bits per heavy atom. The Morgan fingerprint density at radius 3 is 2.30 bits per heavy atom. The third-order valence-corrected chi connectivity index (χ3v) is 7.28. The summed E-state index contributed by atoms with van der Waals surface area (Å²) in [7, 11) is 0. The summed E-state index contributed by atoms with van der Waals surface area (Å²) in [6, 6.07) is 31.1. The lowest BCUT2D eigenvalue weighted by Gasteiger charge is -2.48. The number of amides is 1. The van der Waals surface area contributed by atoms with Crippen molar-refractivity contribution in [3.05, 3.63) is 130 Å². The molecule has 5 rings (SSSR count). The van der Waals surface area contributed by atoms with E-state index in [-0.39, 0.29) is 23.7 Å². The number of hydrogen-bond donors (Lipinski definition) is 1. The molecule has 1 heterocycles. The number of β-lactam (4-membered cyclic amide) rings is 1. The highest BCUT2D eigenvalue weighted by atomic mass is 79.9. The number of rotatable bonds is 9. The van der Waals surface area contributed by atoms with Crippen LogP contribution in [0.5, 0.6) is 5.75 Å². The molecule has 188 valence electrons. The Hall–Kier alpha value is -3.48. The number of aliphatic hydroxyl groups excluding tert-OH is 1. The average Bonchev–Trinajstić information content (AvgIpc) is 2.92. The molecule has 0 aromatic heterocycles. The van der Waals surface area contributed by atoms with E-state index >= 15 is 0 Å². The van der Waals surface area contributed by atoms with Crippen LogP contribution in [0.15, 0.2) is 108 Å². The number of anilines is 1. The highest BCUT2D eigenvalue weighted by molar-refractivity contribution is 9.10. The molecule has 0 saturated carbocycles. The molecule has 6 heteroatoms. The van der Waals surface area contributed by atoms with E-state index in [4.69, 9.17) is 4.74 Å². The second-order valence-electron chi connectivity index (χ2n) is 9.20. The average molecular weight is 560 g/mol. The molecule has 4 aromatic carbocycles. The maximum Gasteiger partial charge on any atom is 0.233 e. The normalized spacial score (nSPS) is 17.8. The van der Waals surface area contributed by atoms with E-state index in [1.807, 2.05) is 83.8 Å². The van der Waals surface area contributed by atoms with Crippen molar-refractivity contribution < 1.29 is 19.0 Å². The zero-order valence-electron chi connectivity index (χ0n) is 20.1. The van der Waals surface area contributed by atoms with Crippen LogP contribution in [0.3, 0.4) is 0 Å². The first kappa shape index (κ1) is 25.2. The topological polar surface area (TPSA) is 49.8 Å². The van der Waals surface area contributed by atoms with Crippen molar-refractivity contribution in [3.63, 3.8) is 0 Å². The van der Waals surface area contributed by atoms with Gasteiger partial charge in [0.15, 0.2) is 0 Å². The molecular formula is C31H27BrFNO3. The number of benzene rings is 4. The van der Waals surface area contributed by atoms with Gasteiger partial charge < -0.3 is 14.7 Å². The molecular weight excluding hydrogens is 533 g/mol. The van der Waals surface area contributed by atoms with Gasteiger partial charge in [-0.15, -0.1) is 0 Å². The van der Waals surface area contributed by atoms with Gasteiger partial charge in [0.05, 0.1) is 18.1 Å². The molecule has 1 N–H and O–H groups in total. The van der Waals surface area contributed by atoms with Gasteiger partial charge in [-0.1, -0.05) is 82.7 Å². The Balaban J connectivity index is 1.42. The van der Waals surface area contributed by atoms with Crippen LogP contribution in [0.4, 0.5) is 10.1 Å².